The second kappa shape index (κ2) is 9.32. The van der Waals surface area contributed by atoms with Gasteiger partial charge < -0.3 is 10.1 Å². The molecule has 0 spiro atoms. The number of carbonyl (C=O) groups excluding carboxylic acids is 2. The summed E-state index contributed by atoms with van der Waals surface area (Å²) in [7, 11) is 0. The van der Waals surface area contributed by atoms with Gasteiger partial charge in [-0.05, 0) is 59.5 Å². The van der Waals surface area contributed by atoms with Gasteiger partial charge in [0.15, 0.2) is 6.61 Å². The van der Waals surface area contributed by atoms with Crippen molar-refractivity contribution in [3.63, 3.8) is 0 Å². The van der Waals surface area contributed by atoms with E-state index in [1.165, 1.54) is 17.7 Å². The van der Waals surface area contributed by atoms with Crippen LogP contribution in [0.25, 0.3) is 0 Å². The van der Waals surface area contributed by atoms with Crippen molar-refractivity contribution in [3.05, 3.63) is 69.9 Å². The largest absolute Gasteiger partial charge is 0.452 e. The summed E-state index contributed by atoms with van der Waals surface area (Å²) in [4.78, 5) is 23.8. The Balaban J connectivity index is 1.76. The first-order valence-electron chi connectivity index (χ1n) is 7.91. The molecule has 132 valence electrons. The van der Waals surface area contributed by atoms with Gasteiger partial charge in [0.2, 0.25) is 0 Å². The van der Waals surface area contributed by atoms with E-state index in [0.717, 1.165) is 18.9 Å². The van der Waals surface area contributed by atoms with Crippen LogP contribution < -0.4 is 5.32 Å². The lowest BCUT2D eigenvalue weighted by molar-refractivity contribution is -0.124. The third-order valence-electron chi connectivity index (χ3n) is 3.60. The summed E-state index contributed by atoms with van der Waals surface area (Å²) in [6.07, 6.45) is 1.62. The van der Waals surface area contributed by atoms with E-state index in [2.05, 4.69) is 21.2 Å². The van der Waals surface area contributed by atoms with E-state index < -0.39 is 18.4 Å². The molecule has 0 unspecified atom stereocenters. The average Bonchev–Trinajstić information content (AvgIpc) is 2.61. The van der Waals surface area contributed by atoms with Gasteiger partial charge in [0.25, 0.3) is 5.91 Å². The lowest BCUT2D eigenvalue weighted by Crippen LogP contribution is -2.36. The van der Waals surface area contributed by atoms with Crippen molar-refractivity contribution in [3.8, 4) is 0 Å². The first kappa shape index (κ1) is 19.1. The molecule has 0 aliphatic heterocycles. The molecule has 4 nitrogen and oxygen atoms in total. The van der Waals surface area contributed by atoms with Gasteiger partial charge in [-0.2, -0.15) is 0 Å². The van der Waals surface area contributed by atoms with Gasteiger partial charge in [0.05, 0.1) is 5.56 Å². The molecule has 0 bridgehead atoms. The highest BCUT2D eigenvalue weighted by molar-refractivity contribution is 9.10. The fraction of sp³-hybridized carbons (Fsp3) is 0.263. The second-order valence-corrected chi connectivity index (χ2v) is 6.55. The van der Waals surface area contributed by atoms with Crippen LogP contribution in [0.4, 0.5) is 4.39 Å². The number of rotatable bonds is 7. The molecule has 0 radical (unpaired) electrons. The molecule has 0 saturated carbocycles. The topological polar surface area (TPSA) is 55.4 Å². The number of benzene rings is 2. The van der Waals surface area contributed by atoms with Gasteiger partial charge in [-0.15, -0.1) is 0 Å². The molecule has 6 heteroatoms. The number of aryl methyl sites for hydroxylation is 1. The monoisotopic (exact) mass is 407 g/mol. The van der Waals surface area contributed by atoms with E-state index in [-0.39, 0.29) is 17.5 Å². The van der Waals surface area contributed by atoms with Crippen LogP contribution in [0.5, 0.6) is 0 Å². The predicted molar refractivity (Wildman–Crippen MR) is 96.8 cm³/mol. The van der Waals surface area contributed by atoms with Crippen LogP contribution in [-0.4, -0.2) is 24.5 Å². The SMILES string of the molecule is C[C@@H](CCc1ccccc1)NC(=O)COC(=O)c1cc(F)ccc1Br. The fourth-order valence-corrected chi connectivity index (χ4v) is 2.69. The highest BCUT2D eigenvalue weighted by Gasteiger charge is 2.15. The van der Waals surface area contributed by atoms with Crippen LogP contribution in [0.1, 0.15) is 29.3 Å². The Hall–Kier alpha value is -2.21. The Labute approximate surface area is 154 Å². The van der Waals surface area contributed by atoms with Crippen LogP contribution in [0.15, 0.2) is 53.0 Å². The molecule has 0 aliphatic carbocycles. The summed E-state index contributed by atoms with van der Waals surface area (Å²) < 4.78 is 18.5. The fourth-order valence-electron chi connectivity index (χ4n) is 2.28. The molecule has 2 rings (SSSR count). The minimum absolute atomic E-state index is 0.0462. The van der Waals surface area contributed by atoms with Crippen molar-refractivity contribution in [1.82, 2.24) is 5.32 Å². The molecule has 1 N–H and O–H groups in total. The van der Waals surface area contributed by atoms with Crippen molar-refractivity contribution >= 4 is 27.8 Å². The molecular weight excluding hydrogens is 389 g/mol. The summed E-state index contributed by atoms with van der Waals surface area (Å²) in [5.74, 6) is -1.69. The van der Waals surface area contributed by atoms with Gasteiger partial charge in [0, 0.05) is 10.5 Å². The first-order chi connectivity index (χ1) is 12.0. The Bertz CT molecular complexity index is 737. The zero-order valence-corrected chi connectivity index (χ0v) is 15.4. The van der Waals surface area contributed by atoms with Crippen LogP contribution >= 0.6 is 15.9 Å². The molecule has 0 saturated heterocycles. The summed E-state index contributed by atoms with van der Waals surface area (Å²) in [5, 5.41) is 2.78. The van der Waals surface area contributed by atoms with Crippen molar-refractivity contribution in [2.75, 3.05) is 6.61 Å². The van der Waals surface area contributed by atoms with Crippen molar-refractivity contribution in [1.29, 1.82) is 0 Å². The zero-order chi connectivity index (χ0) is 18.2. The van der Waals surface area contributed by atoms with E-state index in [4.69, 9.17) is 4.74 Å². The standard InChI is InChI=1S/C19H19BrFNO3/c1-13(7-8-14-5-3-2-4-6-14)22-18(23)12-25-19(24)16-11-15(21)9-10-17(16)20/h2-6,9-11,13H,7-8,12H2,1H3,(H,22,23)/t13-/m0/s1. The number of amides is 1. The number of esters is 1. The molecule has 2 aromatic rings. The quantitative estimate of drug-likeness (QED) is 0.708. The maximum atomic E-state index is 13.2. The molecule has 1 amide bonds. The van der Waals surface area contributed by atoms with E-state index in [9.17, 15) is 14.0 Å². The summed E-state index contributed by atoms with van der Waals surface area (Å²) in [6.45, 7) is 1.49. The molecular formula is C19H19BrFNO3. The van der Waals surface area contributed by atoms with E-state index in [1.807, 2.05) is 37.3 Å². The molecule has 25 heavy (non-hydrogen) atoms. The van der Waals surface area contributed by atoms with Gasteiger partial charge in [-0.1, -0.05) is 30.3 Å². The van der Waals surface area contributed by atoms with Gasteiger partial charge in [-0.3, -0.25) is 4.79 Å². The number of hydrogen-bond acceptors (Lipinski definition) is 3. The number of nitrogens with one attached hydrogen (secondary N) is 1. The van der Waals surface area contributed by atoms with Crippen molar-refractivity contribution < 1.29 is 18.7 Å². The van der Waals surface area contributed by atoms with Crippen LogP contribution in [0.3, 0.4) is 0 Å². The highest BCUT2D eigenvalue weighted by atomic mass is 79.9. The smallest absolute Gasteiger partial charge is 0.339 e. The maximum absolute atomic E-state index is 13.2. The Morgan fingerprint density at radius 2 is 1.92 bits per heavy atom. The number of hydrogen-bond donors (Lipinski definition) is 1. The lowest BCUT2D eigenvalue weighted by Gasteiger charge is -2.14. The number of halogens is 2. The van der Waals surface area contributed by atoms with Crippen molar-refractivity contribution in [2.24, 2.45) is 0 Å². The van der Waals surface area contributed by atoms with Crippen LogP contribution in [0.2, 0.25) is 0 Å². The van der Waals surface area contributed by atoms with Gasteiger partial charge >= 0.3 is 5.97 Å². The first-order valence-corrected chi connectivity index (χ1v) is 8.70. The summed E-state index contributed by atoms with van der Waals surface area (Å²) in [5.41, 5.74) is 1.25. The predicted octanol–water partition coefficient (Wildman–Crippen LogP) is 3.88. The minimum atomic E-state index is -0.751. The Kier molecular flexibility index (Phi) is 7.13. The Morgan fingerprint density at radius 3 is 2.64 bits per heavy atom. The highest BCUT2D eigenvalue weighted by Crippen LogP contribution is 2.18. The summed E-state index contributed by atoms with van der Waals surface area (Å²) in [6, 6.07) is 13.6. The van der Waals surface area contributed by atoms with Gasteiger partial charge in [0.1, 0.15) is 5.82 Å². The number of carbonyl (C=O) groups is 2. The maximum Gasteiger partial charge on any atom is 0.339 e. The summed E-state index contributed by atoms with van der Waals surface area (Å²) >= 11 is 3.15. The van der Waals surface area contributed by atoms with Crippen molar-refractivity contribution in [2.45, 2.75) is 25.8 Å². The average molecular weight is 408 g/mol. The Morgan fingerprint density at radius 1 is 1.20 bits per heavy atom. The third-order valence-corrected chi connectivity index (χ3v) is 4.29. The molecule has 2 aromatic carbocycles. The normalized spacial score (nSPS) is 11.6. The molecule has 0 aromatic heterocycles. The second-order valence-electron chi connectivity index (χ2n) is 5.69. The number of ether oxygens (including phenoxy) is 1. The van der Waals surface area contributed by atoms with Gasteiger partial charge in [-0.25, -0.2) is 9.18 Å². The van der Waals surface area contributed by atoms with Crippen LogP contribution in [0, 0.1) is 5.82 Å². The molecule has 0 fully saturated rings. The zero-order valence-electron chi connectivity index (χ0n) is 13.8. The van der Waals surface area contributed by atoms with E-state index in [0.29, 0.717) is 4.47 Å². The minimum Gasteiger partial charge on any atom is -0.452 e. The lowest BCUT2D eigenvalue weighted by atomic mass is 10.1. The van der Waals surface area contributed by atoms with E-state index >= 15 is 0 Å². The molecule has 0 aliphatic rings. The molecule has 1 atom stereocenters. The third kappa shape index (κ3) is 6.31. The van der Waals surface area contributed by atoms with E-state index in [1.54, 1.807) is 0 Å². The van der Waals surface area contributed by atoms with Crippen LogP contribution in [-0.2, 0) is 16.0 Å². The molecule has 0 heterocycles.